The van der Waals surface area contributed by atoms with Crippen LogP contribution in [0.3, 0.4) is 0 Å². The minimum atomic E-state index is -1.08. The van der Waals surface area contributed by atoms with E-state index in [4.69, 9.17) is 15.9 Å². The molecule has 0 aromatic heterocycles. The van der Waals surface area contributed by atoms with Crippen molar-refractivity contribution in [3.63, 3.8) is 0 Å². The molecule has 0 saturated carbocycles. The molecule has 0 aromatic rings. The number of aliphatic hydroxyl groups is 1. The van der Waals surface area contributed by atoms with Crippen LogP contribution in [0.15, 0.2) is 24.3 Å². The summed E-state index contributed by atoms with van der Waals surface area (Å²) in [5, 5.41) is 10.4. The molecule has 0 saturated heterocycles. The highest BCUT2D eigenvalue weighted by atomic mass is 28.3. The molecule has 23 heavy (non-hydrogen) atoms. The summed E-state index contributed by atoms with van der Waals surface area (Å²) in [4.78, 5) is 0. The Morgan fingerprint density at radius 1 is 1.30 bits per heavy atom. The van der Waals surface area contributed by atoms with Gasteiger partial charge < -0.3 is 14.6 Å². The van der Waals surface area contributed by atoms with E-state index in [9.17, 15) is 5.11 Å². The maximum Gasteiger partial charge on any atom is 0.147 e. The second-order valence-corrected chi connectivity index (χ2v) is 13.2. The fraction of sp³-hybridized carbons (Fsp3) is 0.684. The highest BCUT2D eigenvalue weighted by Gasteiger charge is 2.35. The lowest BCUT2D eigenvalue weighted by atomic mass is 9.79. The number of hydrogen-bond donors (Lipinski definition) is 1. The van der Waals surface area contributed by atoms with E-state index >= 15 is 0 Å². The average Bonchev–Trinajstić information content (AvgIpc) is 2.44. The Labute approximate surface area is 143 Å². The van der Waals surface area contributed by atoms with Crippen LogP contribution in [-0.4, -0.2) is 38.8 Å². The Kier molecular flexibility index (Phi) is 10.4. The number of aliphatic hydroxyl groups excluding tert-OH is 1. The van der Waals surface area contributed by atoms with Gasteiger partial charge in [0.15, 0.2) is 0 Å². The largest absolute Gasteiger partial charge is 0.392 e. The van der Waals surface area contributed by atoms with Crippen molar-refractivity contribution >= 4 is 8.07 Å². The summed E-state index contributed by atoms with van der Waals surface area (Å²) in [6.07, 6.45) is 12.3. The zero-order valence-electron chi connectivity index (χ0n) is 15.6. The zero-order chi connectivity index (χ0) is 17.9. The molecule has 0 aliphatic heterocycles. The Morgan fingerprint density at radius 3 is 2.48 bits per heavy atom. The number of ether oxygens (including phenoxy) is 2. The van der Waals surface area contributed by atoms with Gasteiger partial charge in [-0.3, -0.25) is 0 Å². The third kappa shape index (κ3) is 9.78. The van der Waals surface area contributed by atoms with E-state index in [2.05, 4.69) is 25.6 Å². The number of terminal acetylenes is 1. The van der Waals surface area contributed by atoms with Gasteiger partial charge in [0.05, 0.1) is 12.2 Å². The molecule has 0 aliphatic carbocycles. The molecule has 0 spiro atoms. The minimum Gasteiger partial charge on any atom is -0.392 e. The third-order valence-electron chi connectivity index (χ3n) is 3.86. The van der Waals surface area contributed by atoms with Crippen LogP contribution < -0.4 is 0 Å². The smallest absolute Gasteiger partial charge is 0.147 e. The van der Waals surface area contributed by atoms with E-state index in [1.54, 1.807) is 6.08 Å². The summed E-state index contributed by atoms with van der Waals surface area (Å²) in [7, 11) is -1.08. The van der Waals surface area contributed by atoms with Gasteiger partial charge in [-0.25, -0.2) is 0 Å². The Bertz CT molecular complexity index is 413. The zero-order valence-corrected chi connectivity index (χ0v) is 16.6. The molecule has 0 fully saturated rings. The molecule has 0 unspecified atom stereocenters. The lowest BCUT2D eigenvalue weighted by Crippen LogP contribution is -2.41. The molecule has 0 rings (SSSR count). The Morgan fingerprint density at radius 2 is 1.96 bits per heavy atom. The first-order valence-corrected chi connectivity index (χ1v) is 12.0. The SMILES string of the molecule is C#C/C=C\C[C@H](O)C(C)(C)[C@H](/C=C/C)OCOCC[Si](C)(C)C. The molecule has 0 amide bonds. The summed E-state index contributed by atoms with van der Waals surface area (Å²) in [5.41, 5.74) is -0.437. The average molecular weight is 339 g/mol. The van der Waals surface area contributed by atoms with Crippen LogP contribution in [0.5, 0.6) is 0 Å². The maximum absolute atomic E-state index is 10.4. The molecule has 0 bridgehead atoms. The summed E-state index contributed by atoms with van der Waals surface area (Å²) in [5.74, 6) is 2.44. The van der Waals surface area contributed by atoms with Crippen LogP contribution in [0.1, 0.15) is 27.2 Å². The summed E-state index contributed by atoms with van der Waals surface area (Å²) in [6, 6.07) is 1.12. The van der Waals surface area contributed by atoms with Crippen LogP contribution in [0, 0.1) is 17.8 Å². The van der Waals surface area contributed by atoms with Gasteiger partial charge in [0, 0.05) is 20.1 Å². The van der Waals surface area contributed by atoms with Crippen molar-refractivity contribution in [3.8, 4) is 12.3 Å². The molecule has 0 radical (unpaired) electrons. The topological polar surface area (TPSA) is 38.7 Å². The molecule has 4 heteroatoms. The predicted octanol–water partition coefficient (Wildman–Crippen LogP) is 4.23. The fourth-order valence-corrected chi connectivity index (χ4v) is 2.77. The molecule has 0 aromatic carbocycles. The monoisotopic (exact) mass is 338 g/mol. The first-order chi connectivity index (χ1) is 10.6. The van der Waals surface area contributed by atoms with Gasteiger partial charge in [0.2, 0.25) is 0 Å². The van der Waals surface area contributed by atoms with E-state index in [0.29, 0.717) is 6.42 Å². The van der Waals surface area contributed by atoms with E-state index in [1.807, 2.05) is 39.0 Å². The van der Waals surface area contributed by atoms with Crippen molar-refractivity contribution in [2.75, 3.05) is 13.4 Å². The van der Waals surface area contributed by atoms with Gasteiger partial charge in [-0.05, 0) is 25.5 Å². The van der Waals surface area contributed by atoms with Gasteiger partial charge >= 0.3 is 0 Å². The van der Waals surface area contributed by atoms with Gasteiger partial charge in [0.25, 0.3) is 0 Å². The maximum atomic E-state index is 10.4. The van der Waals surface area contributed by atoms with Crippen molar-refractivity contribution in [3.05, 3.63) is 24.3 Å². The molecule has 0 aliphatic rings. The summed E-state index contributed by atoms with van der Waals surface area (Å²) >= 11 is 0. The summed E-state index contributed by atoms with van der Waals surface area (Å²) in [6.45, 7) is 13.9. The van der Waals surface area contributed by atoms with Gasteiger partial charge in [0.1, 0.15) is 6.79 Å². The second-order valence-electron chi connectivity index (χ2n) is 7.59. The molecule has 0 heterocycles. The van der Waals surface area contributed by atoms with Gasteiger partial charge in [-0.1, -0.05) is 57.6 Å². The highest BCUT2D eigenvalue weighted by Crippen LogP contribution is 2.31. The Balaban J connectivity index is 4.52. The lowest BCUT2D eigenvalue weighted by Gasteiger charge is -2.36. The molecule has 132 valence electrons. The normalized spacial score (nSPS) is 15.9. The van der Waals surface area contributed by atoms with Crippen molar-refractivity contribution < 1.29 is 14.6 Å². The van der Waals surface area contributed by atoms with E-state index in [1.165, 1.54) is 0 Å². The van der Waals surface area contributed by atoms with Crippen molar-refractivity contribution in [2.24, 2.45) is 5.41 Å². The molecule has 1 N–H and O–H groups in total. The van der Waals surface area contributed by atoms with Crippen LogP contribution in [0.2, 0.25) is 25.7 Å². The van der Waals surface area contributed by atoms with Gasteiger partial charge in [-0.15, -0.1) is 6.42 Å². The fourth-order valence-electron chi connectivity index (χ4n) is 2.01. The van der Waals surface area contributed by atoms with E-state index in [-0.39, 0.29) is 12.9 Å². The molecular formula is C19H34O3Si. The lowest BCUT2D eigenvalue weighted by molar-refractivity contribution is -0.127. The number of allylic oxidation sites excluding steroid dienone is 2. The molecule has 2 atom stereocenters. The standard InChI is InChI=1S/C19H34O3Si/c1-8-10-11-13-17(20)19(3,4)18(12-9-2)22-16-21-14-15-23(5,6)7/h1,9-12,17-18,20H,13-16H2,2-7H3/b11-10-,12-9+/t17-,18-/m0/s1. The number of hydrogen-bond acceptors (Lipinski definition) is 3. The first-order valence-electron chi connectivity index (χ1n) is 8.26. The highest BCUT2D eigenvalue weighted by molar-refractivity contribution is 6.76. The van der Waals surface area contributed by atoms with Crippen molar-refractivity contribution in [1.82, 2.24) is 0 Å². The predicted molar refractivity (Wildman–Crippen MR) is 101 cm³/mol. The molecular weight excluding hydrogens is 304 g/mol. The quantitative estimate of drug-likeness (QED) is 0.201. The van der Waals surface area contributed by atoms with Crippen LogP contribution >= 0.6 is 0 Å². The van der Waals surface area contributed by atoms with Crippen molar-refractivity contribution in [2.45, 2.75) is 65.1 Å². The van der Waals surface area contributed by atoms with E-state index < -0.39 is 19.6 Å². The second kappa shape index (κ2) is 10.8. The minimum absolute atomic E-state index is 0.214. The third-order valence-corrected chi connectivity index (χ3v) is 5.56. The van der Waals surface area contributed by atoms with Gasteiger partial charge in [-0.2, -0.15) is 0 Å². The Hall–Kier alpha value is -0.863. The number of rotatable bonds is 11. The summed E-state index contributed by atoms with van der Waals surface area (Å²) < 4.78 is 11.5. The van der Waals surface area contributed by atoms with Crippen LogP contribution in [0.25, 0.3) is 0 Å². The van der Waals surface area contributed by atoms with Crippen LogP contribution in [0.4, 0.5) is 0 Å². The van der Waals surface area contributed by atoms with E-state index in [0.717, 1.165) is 12.7 Å². The first kappa shape index (κ1) is 22.1. The van der Waals surface area contributed by atoms with Crippen LogP contribution in [-0.2, 0) is 9.47 Å². The van der Waals surface area contributed by atoms with Crippen molar-refractivity contribution in [1.29, 1.82) is 0 Å². The molecule has 3 nitrogen and oxygen atoms in total.